The van der Waals surface area contributed by atoms with Gasteiger partial charge < -0.3 is 30.3 Å². The van der Waals surface area contributed by atoms with E-state index in [9.17, 15) is 49.5 Å². The van der Waals surface area contributed by atoms with Gasteiger partial charge in [0.2, 0.25) is 5.78 Å². The number of carbonyl (C=O) groups excluding carboxylic acids is 5. The van der Waals surface area contributed by atoms with Gasteiger partial charge in [0.15, 0.2) is 17.2 Å². The molecule has 55 heavy (non-hydrogen) atoms. The summed E-state index contributed by atoms with van der Waals surface area (Å²) in [5, 5.41) is 59.6. The minimum Gasteiger partial charge on any atom is -0.511 e. The second-order valence-corrected chi connectivity index (χ2v) is 16.2. The van der Waals surface area contributed by atoms with Gasteiger partial charge in [-0.1, -0.05) is 95.3 Å². The molecule has 1 unspecified atom stereocenters. The van der Waals surface area contributed by atoms with E-state index in [1.54, 1.807) is 20.8 Å². The van der Waals surface area contributed by atoms with Crippen LogP contribution in [0.3, 0.4) is 0 Å². The Balaban J connectivity index is 1.18. The highest BCUT2D eigenvalue weighted by molar-refractivity contribution is 6.25. The Hall–Kier alpha value is -5.39. The Morgan fingerprint density at radius 2 is 1.45 bits per heavy atom. The number of aromatic hydroxyl groups is 1. The van der Waals surface area contributed by atoms with E-state index in [0.29, 0.717) is 0 Å². The fourth-order valence-corrected chi connectivity index (χ4v) is 10.2. The average Bonchev–Trinajstić information content (AvgIpc) is 3.45. The molecule has 0 fully saturated rings. The van der Waals surface area contributed by atoms with Crippen LogP contribution in [-0.2, 0) is 30.3 Å². The molecule has 0 saturated heterocycles. The lowest BCUT2D eigenvalue weighted by atomic mass is 9.41. The third-order valence-electron chi connectivity index (χ3n) is 13.0. The van der Waals surface area contributed by atoms with E-state index in [0.717, 1.165) is 29.2 Å². The summed E-state index contributed by atoms with van der Waals surface area (Å²) in [4.78, 5) is 67.4. The molecule has 0 bridgehead atoms. The molecule has 4 aliphatic rings. The number of hydrogen-bond acceptors (Lipinski definition) is 11. The number of aliphatic hydroxyl groups excluding tert-OH is 3. The summed E-state index contributed by atoms with van der Waals surface area (Å²) < 4.78 is 5.59. The lowest BCUT2D eigenvalue weighted by Gasteiger charge is -2.63. The van der Waals surface area contributed by atoms with Crippen molar-refractivity contribution in [2.75, 3.05) is 6.61 Å². The molecule has 0 saturated carbocycles. The third kappa shape index (κ3) is 4.98. The van der Waals surface area contributed by atoms with Crippen molar-refractivity contribution >= 4 is 29.1 Å². The minimum absolute atomic E-state index is 0.0136. The van der Waals surface area contributed by atoms with Crippen LogP contribution in [0.1, 0.15) is 92.4 Å². The second kappa shape index (κ2) is 12.8. The molecule has 286 valence electrons. The fraction of sp³-hybridized carbons (Fsp3) is 0.386. The van der Waals surface area contributed by atoms with Crippen LogP contribution in [0, 0.1) is 22.7 Å². The fourth-order valence-electron chi connectivity index (χ4n) is 10.2. The second-order valence-electron chi connectivity index (χ2n) is 16.2. The van der Waals surface area contributed by atoms with Crippen LogP contribution in [0.4, 0.5) is 0 Å². The zero-order valence-corrected chi connectivity index (χ0v) is 31.5. The molecule has 0 heterocycles. The van der Waals surface area contributed by atoms with Crippen molar-refractivity contribution in [2.45, 2.75) is 77.9 Å². The predicted octanol–water partition coefficient (Wildman–Crippen LogP) is 5.74. The van der Waals surface area contributed by atoms with Gasteiger partial charge in [-0.3, -0.25) is 24.0 Å². The molecule has 0 spiro atoms. The maximum absolute atomic E-state index is 14.5. The normalized spacial score (nSPS) is 28.3. The van der Waals surface area contributed by atoms with E-state index < -0.39 is 111 Å². The van der Waals surface area contributed by atoms with Crippen LogP contribution in [0.25, 0.3) is 11.1 Å². The van der Waals surface area contributed by atoms with Crippen molar-refractivity contribution in [2.24, 2.45) is 22.7 Å². The summed E-state index contributed by atoms with van der Waals surface area (Å²) in [6.07, 6.45) is -2.80. The van der Waals surface area contributed by atoms with Gasteiger partial charge in [0.25, 0.3) is 0 Å². The standard InChI is InChI=1S/C44H44O11/c1-20(2)34-37(49)32(22(4)45)39(51)44(54)40(52)35-38(50)33-25(21(3)42(35,5)41(53)43(34,44)6)16-15-23(36(33)48)17-24(46)18-31(47)55-19-30-28-13-9-7-11-26(28)27-12-8-10-14-29(27)30/h7-16,20-21,30,34,41,48-49,52-54H,17-19H2,1-6H3/t21-,34?,41-,42+,43+,44+/m1/s1. The van der Waals surface area contributed by atoms with Gasteiger partial charge in [-0.15, -0.1) is 0 Å². The molecule has 0 radical (unpaired) electrons. The molecule has 0 aromatic heterocycles. The Morgan fingerprint density at radius 1 is 0.873 bits per heavy atom. The molecule has 5 N–H and O–H groups in total. The zero-order valence-electron chi connectivity index (χ0n) is 31.5. The van der Waals surface area contributed by atoms with Crippen molar-refractivity contribution in [1.29, 1.82) is 0 Å². The maximum atomic E-state index is 14.5. The van der Waals surface area contributed by atoms with Crippen molar-refractivity contribution in [1.82, 2.24) is 0 Å². The smallest absolute Gasteiger partial charge is 0.313 e. The quantitative estimate of drug-likeness (QED) is 0.107. The van der Waals surface area contributed by atoms with Gasteiger partial charge in [-0.25, -0.2) is 0 Å². The largest absolute Gasteiger partial charge is 0.511 e. The van der Waals surface area contributed by atoms with Crippen LogP contribution in [0.2, 0.25) is 0 Å². The van der Waals surface area contributed by atoms with Gasteiger partial charge >= 0.3 is 5.97 Å². The third-order valence-corrected chi connectivity index (χ3v) is 13.0. The number of ether oxygens (including phenoxy) is 1. The molecule has 3 aromatic rings. The van der Waals surface area contributed by atoms with Gasteiger partial charge in [-0.2, -0.15) is 0 Å². The number of rotatable bonds is 8. The monoisotopic (exact) mass is 748 g/mol. The Bertz CT molecular complexity index is 2250. The molecule has 4 aliphatic carbocycles. The summed E-state index contributed by atoms with van der Waals surface area (Å²) >= 11 is 0. The maximum Gasteiger partial charge on any atom is 0.313 e. The highest BCUT2D eigenvalue weighted by Gasteiger charge is 2.76. The molecule has 6 atom stereocenters. The highest BCUT2D eigenvalue weighted by Crippen LogP contribution is 2.67. The first kappa shape index (κ1) is 37.9. The van der Waals surface area contributed by atoms with E-state index in [-0.39, 0.29) is 29.2 Å². The topological polar surface area (TPSA) is 196 Å². The minimum atomic E-state index is -3.01. The molecule has 7 rings (SSSR count). The first-order chi connectivity index (χ1) is 25.8. The van der Waals surface area contributed by atoms with Gasteiger partial charge in [0, 0.05) is 34.7 Å². The van der Waals surface area contributed by atoms with E-state index >= 15 is 0 Å². The molecule has 3 aromatic carbocycles. The van der Waals surface area contributed by atoms with Crippen molar-refractivity contribution in [3.05, 3.63) is 111 Å². The first-order valence-electron chi connectivity index (χ1n) is 18.4. The number of phenols is 1. The van der Waals surface area contributed by atoms with Crippen LogP contribution in [0.15, 0.2) is 83.3 Å². The molecule has 0 amide bonds. The number of hydrogen-bond donors (Lipinski definition) is 5. The lowest BCUT2D eigenvalue weighted by Crippen LogP contribution is -2.73. The van der Waals surface area contributed by atoms with Crippen LogP contribution in [-0.4, -0.2) is 72.9 Å². The summed E-state index contributed by atoms with van der Waals surface area (Å²) in [6.45, 7) is 8.90. The summed E-state index contributed by atoms with van der Waals surface area (Å²) in [7, 11) is 0. The number of benzene rings is 3. The average molecular weight is 749 g/mol. The lowest BCUT2D eigenvalue weighted by molar-refractivity contribution is -0.211. The molecule has 11 nitrogen and oxygen atoms in total. The van der Waals surface area contributed by atoms with E-state index in [2.05, 4.69) is 0 Å². The van der Waals surface area contributed by atoms with Crippen molar-refractivity contribution in [3.8, 4) is 16.9 Å². The van der Waals surface area contributed by atoms with Crippen LogP contribution >= 0.6 is 0 Å². The molecule has 0 aliphatic heterocycles. The van der Waals surface area contributed by atoms with Crippen LogP contribution < -0.4 is 0 Å². The first-order valence-corrected chi connectivity index (χ1v) is 18.4. The number of esters is 1. The highest BCUT2D eigenvalue weighted by atomic mass is 16.5. The molecular weight excluding hydrogens is 704 g/mol. The zero-order chi connectivity index (χ0) is 40.1. The summed E-state index contributed by atoms with van der Waals surface area (Å²) in [5.74, 6) is -9.67. The number of allylic oxidation sites excluding steroid dienone is 1. The molecule has 11 heteroatoms. The number of Topliss-reactive ketones (excluding diaryl/α,β-unsaturated/α-hetero) is 4. The predicted molar refractivity (Wildman–Crippen MR) is 199 cm³/mol. The Morgan fingerprint density at radius 3 is 2.02 bits per heavy atom. The van der Waals surface area contributed by atoms with E-state index in [4.69, 9.17) is 4.74 Å². The van der Waals surface area contributed by atoms with Gasteiger partial charge in [0.05, 0.1) is 17.2 Å². The number of fused-ring (bicyclic) bond motifs is 6. The van der Waals surface area contributed by atoms with Crippen molar-refractivity contribution < 1.29 is 54.2 Å². The molecular formula is C44H44O11. The van der Waals surface area contributed by atoms with E-state index in [1.165, 1.54) is 26.0 Å². The Kier molecular flexibility index (Phi) is 8.85. The number of carbonyl (C=O) groups is 5. The van der Waals surface area contributed by atoms with Crippen LogP contribution in [0.5, 0.6) is 5.75 Å². The van der Waals surface area contributed by atoms with Gasteiger partial charge in [0.1, 0.15) is 41.7 Å². The Labute approximate surface area is 318 Å². The number of phenolic OH excluding ortho intramolecular Hbond substituents is 1. The summed E-state index contributed by atoms with van der Waals surface area (Å²) in [5.41, 5.74) is -3.85. The number of aliphatic hydroxyl groups is 4. The number of ketones is 4. The SMILES string of the molecule is CC(=O)C1=C(O)C(C(C)C)[C@@]2(C)[C@H](O)[C@]3(C)C(=C(O)[C@@]2(O)C1=O)C(=O)c1c(ccc(CC(=O)CC(=O)OCC2c4ccccc4-c4ccccc42)c1O)[C@H]3C. The van der Waals surface area contributed by atoms with Gasteiger partial charge in [-0.05, 0) is 46.6 Å². The van der Waals surface area contributed by atoms with Crippen molar-refractivity contribution in [3.63, 3.8) is 0 Å². The summed E-state index contributed by atoms with van der Waals surface area (Å²) in [6, 6.07) is 18.7. The van der Waals surface area contributed by atoms with E-state index in [1.807, 2.05) is 48.5 Å².